The number of nitrogens with zero attached hydrogens (tertiary/aromatic N) is 3. The van der Waals surface area contributed by atoms with Gasteiger partial charge in [-0.15, -0.1) is 11.3 Å². The second kappa shape index (κ2) is 7.79. The van der Waals surface area contributed by atoms with Crippen LogP contribution in [0.1, 0.15) is 18.2 Å². The molecule has 0 spiro atoms. The van der Waals surface area contributed by atoms with Crippen molar-refractivity contribution in [2.45, 2.75) is 13.1 Å². The van der Waals surface area contributed by atoms with E-state index in [0.717, 1.165) is 23.2 Å². The number of para-hydroxylation sites is 2. The summed E-state index contributed by atoms with van der Waals surface area (Å²) in [5, 5.41) is 5.80. The van der Waals surface area contributed by atoms with Crippen LogP contribution in [0.4, 0.5) is 18.9 Å². The van der Waals surface area contributed by atoms with Crippen molar-refractivity contribution in [3.8, 4) is 0 Å². The molecule has 0 unspecified atom stereocenters. The molecule has 0 fully saturated rings. The minimum atomic E-state index is -4.49. The van der Waals surface area contributed by atoms with Crippen LogP contribution in [0.2, 0.25) is 0 Å². The molecule has 0 atom stereocenters. The summed E-state index contributed by atoms with van der Waals surface area (Å²) >= 11 is 1.32. The predicted molar refractivity (Wildman–Crippen MR) is 109 cm³/mol. The fourth-order valence-corrected chi connectivity index (χ4v) is 3.82. The summed E-state index contributed by atoms with van der Waals surface area (Å²) in [7, 11) is 0. The van der Waals surface area contributed by atoms with Crippen molar-refractivity contribution in [3.05, 3.63) is 65.2 Å². The van der Waals surface area contributed by atoms with Gasteiger partial charge in [-0.1, -0.05) is 18.2 Å². The second-order valence-electron chi connectivity index (χ2n) is 6.21. The number of benzene rings is 2. The molecule has 2 aromatic heterocycles. The van der Waals surface area contributed by atoms with Crippen LogP contribution < -0.4 is 5.43 Å². The van der Waals surface area contributed by atoms with Crippen LogP contribution in [-0.2, 0) is 15.7 Å². The Kier molecular flexibility index (Phi) is 5.17. The molecule has 10 heteroatoms. The number of rotatable bonds is 5. The van der Waals surface area contributed by atoms with Gasteiger partial charge in [-0.2, -0.15) is 18.3 Å². The zero-order valence-corrected chi connectivity index (χ0v) is 16.4. The van der Waals surface area contributed by atoms with E-state index in [-0.39, 0.29) is 18.0 Å². The standard InChI is InChI=1S/C20H15F3N4O2S/c1-2-29-18(28)17(26-25-13-7-5-6-12(10-13)20(21,22)23)16-11-30-19-24-14-8-3-4-9-15(14)27(16)19/h3-11,25H,2H2,1H3/b26-17+. The predicted octanol–water partition coefficient (Wildman–Crippen LogP) is 4.95. The average Bonchev–Trinajstić information content (AvgIpc) is 3.28. The molecular weight excluding hydrogens is 417 g/mol. The van der Waals surface area contributed by atoms with Gasteiger partial charge in [-0.05, 0) is 37.3 Å². The number of alkyl halides is 3. The van der Waals surface area contributed by atoms with E-state index < -0.39 is 17.7 Å². The molecule has 0 radical (unpaired) electrons. The maximum atomic E-state index is 13.0. The number of carbonyl (C=O) groups is 1. The van der Waals surface area contributed by atoms with Crippen molar-refractivity contribution in [1.82, 2.24) is 9.38 Å². The fourth-order valence-electron chi connectivity index (χ4n) is 2.93. The molecule has 1 N–H and O–H groups in total. The van der Waals surface area contributed by atoms with Crippen LogP contribution >= 0.6 is 11.3 Å². The molecule has 0 aliphatic rings. The highest BCUT2D eigenvalue weighted by Gasteiger charge is 2.30. The maximum absolute atomic E-state index is 13.0. The zero-order chi connectivity index (χ0) is 21.3. The third kappa shape index (κ3) is 3.73. The van der Waals surface area contributed by atoms with Crippen molar-refractivity contribution in [3.63, 3.8) is 0 Å². The Labute approximate surface area is 172 Å². The smallest absolute Gasteiger partial charge is 0.416 e. The highest BCUT2D eigenvalue weighted by atomic mass is 32.1. The third-order valence-corrected chi connectivity index (χ3v) is 5.07. The van der Waals surface area contributed by atoms with E-state index >= 15 is 0 Å². The van der Waals surface area contributed by atoms with E-state index in [1.165, 1.54) is 23.5 Å². The van der Waals surface area contributed by atoms with Crippen LogP contribution in [0, 0.1) is 0 Å². The molecule has 30 heavy (non-hydrogen) atoms. The van der Waals surface area contributed by atoms with Gasteiger partial charge in [0.15, 0.2) is 10.7 Å². The summed E-state index contributed by atoms with van der Waals surface area (Å²) in [4.78, 5) is 17.8. The topological polar surface area (TPSA) is 68.0 Å². The third-order valence-electron chi connectivity index (χ3n) is 4.24. The lowest BCUT2D eigenvalue weighted by molar-refractivity contribution is -0.137. The largest absolute Gasteiger partial charge is 0.461 e. The first-order valence-corrected chi connectivity index (χ1v) is 9.79. The molecule has 0 amide bonds. The molecule has 6 nitrogen and oxygen atoms in total. The first-order valence-electron chi connectivity index (χ1n) is 8.91. The van der Waals surface area contributed by atoms with Gasteiger partial charge in [0.1, 0.15) is 0 Å². The van der Waals surface area contributed by atoms with Gasteiger partial charge < -0.3 is 4.74 Å². The number of thiazole rings is 1. The van der Waals surface area contributed by atoms with Crippen LogP contribution in [-0.4, -0.2) is 27.7 Å². The molecule has 0 aliphatic carbocycles. The van der Waals surface area contributed by atoms with Crippen molar-refractivity contribution < 1.29 is 22.7 Å². The Morgan fingerprint density at radius 2 is 2.03 bits per heavy atom. The molecule has 4 rings (SSSR count). The number of anilines is 1. The Balaban J connectivity index is 1.78. The van der Waals surface area contributed by atoms with Gasteiger partial charge in [0.05, 0.1) is 34.6 Å². The summed E-state index contributed by atoms with van der Waals surface area (Å²) in [6.07, 6.45) is -4.49. The lowest BCUT2D eigenvalue weighted by Crippen LogP contribution is -2.21. The maximum Gasteiger partial charge on any atom is 0.416 e. The number of aromatic nitrogens is 2. The summed E-state index contributed by atoms with van der Waals surface area (Å²) in [6, 6.07) is 12.0. The summed E-state index contributed by atoms with van der Waals surface area (Å²) in [5.41, 5.74) is 3.71. The van der Waals surface area contributed by atoms with E-state index in [1.54, 1.807) is 16.7 Å². The molecule has 0 saturated carbocycles. The van der Waals surface area contributed by atoms with Crippen LogP contribution in [0.15, 0.2) is 59.0 Å². The van der Waals surface area contributed by atoms with Crippen molar-refractivity contribution in [2.75, 3.05) is 12.0 Å². The summed E-state index contributed by atoms with van der Waals surface area (Å²) in [6.45, 7) is 1.78. The number of hydrogen-bond donors (Lipinski definition) is 1. The van der Waals surface area contributed by atoms with E-state index in [1.807, 2.05) is 24.3 Å². The minimum absolute atomic E-state index is 0.0661. The Hall–Kier alpha value is -3.40. The lowest BCUT2D eigenvalue weighted by Gasteiger charge is -2.10. The molecule has 0 aliphatic heterocycles. The van der Waals surface area contributed by atoms with Gasteiger partial charge in [-0.3, -0.25) is 9.83 Å². The number of fused-ring (bicyclic) bond motifs is 3. The highest BCUT2D eigenvalue weighted by molar-refractivity contribution is 7.15. The molecule has 4 aromatic rings. The number of hydrazone groups is 1. The minimum Gasteiger partial charge on any atom is -0.461 e. The van der Waals surface area contributed by atoms with Gasteiger partial charge >= 0.3 is 12.1 Å². The molecule has 2 heterocycles. The van der Waals surface area contributed by atoms with Crippen molar-refractivity contribution in [2.24, 2.45) is 5.10 Å². The number of nitrogens with one attached hydrogen (secondary N) is 1. The van der Waals surface area contributed by atoms with Crippen LogP contribution in [0.3, 0.4) is 0 Å². The SMILES string of the molecule is CCOC(=O)/C(=N/Nc1cccc(C(F)(F)F)c1)c1csc2nc3ccccc3n12. The zero-order valence-electron chi connectivity index (χ0n) is 15.6. The van der Waals surface area contributed by atoms with Gasteiger partial charge in [0.2, 0.25) is 0 Å². The van der Waals surface area contributed by atoms with Gasteiger partial charge in [0, 0.05) is 5.38 Å². The fraction of sp³-hybridized carbons (Fsp3) is 0.150. The van der Waals surface area contributed by atoms with Gasteiger partial charge in [-0.25, -0.2) is 9.78 Å². The number of imidazole rings is 1. The van der Waals surface area contributed by atoms with Crippen LogP contribution in [0.25, 0.3) is 16.0 Å². The molecule has 154 valence electrons. The molecule has 2 aromatic carbocycles. The Bertz CT molecular complexity index is 1260. The van der Waals surface area contributed by atoms with E-state index in [2.05, 4.69) is 15.5 Å². The number of carbonyl (C=O) groups excluding carboxylic acids is 1. The first kappa shape index (κ1) is 19.9. The summed E-state index contributed by atoms with van der Waals surface area (Å²) in [5.74, 6) is -0.700. The van der Waals surface area contributed by atoms with Gasteiger partial charge in [0.25, 0.3) is 0 Å². The quantitative estimate of drug-likeness (QED) is 0.275. The second-order valence-corrected chi connectivity index (χ2v) is 7.05. The van der Waals surface area contributed by atoms with E-state index in [4.69, 9.17) is 4.74 Å². The monoisotopic (exact) mass is 432 g/mol. The Morgan fingerprint density at radius 3 is 2.80 bits per heavy atom. The number of ether oxygens (including phenoxy) is 1. The highest BCUT2D eigenvalue weighted by Crippen LogP contribution is 2.31. The van der Waals surface area contributed by atoms with E-state index in [0.29, 0.717) is 10.7 Å². The first-order chi connectivity index (χ1) is 14.4. The van der Waals surface area contributed by atoms with E-state index in [9.17, 15) is 18.0 Å². The Morgan fingerprint density at radius 1 is 1.23 bits per heavy atom. The lowest BCUT2D eigenvalue weighted by atomic mass is 10.2. The van der Waals surface area contributed by atoms with Crippen LogP contribution in [0.5, 0.6) is 0 Å². The average molecular weight is 432 g/mol. The van der Waals surface area contributed by atoms with Crippen molar-refractivity contribution in [1.29, 1.82) is 0 Å². The normalized spacial score (nSPS) is 12.5. The molecule has 0 bridgehead atoms. The number of esters is 1. The molecular formula is C20H15F3N4O2S. The van der Waals surface area contributed by atoms with Crippen molar-refractivity contribution >= 4 is 44.7 Å². The summed E-state index contributed by atoms with van der Waals surface area (Å²) < 4.78 is 45.8. The number of halogens is 3. The molecule has 0 saturated heterocycles. The number of hydrogen-bond acceptors (Lipinski definition) is 6.